The normalized spacial score (nSPS) is 10.6. The monoisotopic (exact) mass is 290 g/mol. The van der Waals surface area contributed by atoms with Gasteiger partial charge < -0.3 is 9.47 Å². The molecule has 112 valence electrons. The molecule has 0 fully saturated rings. The summed E-state index contributed by atoms with van der Waals surface area (Å²) in [6, 6.07) is 9.37. The van der Waals surface area contributed by atoms with Crippen LogP contribution in [0.5, 0.6) is 0 Å². The summed E-state index contributed by atoms with van der Waals surface area (Å²) < 4.78 is 9.06. The number of methoxy groups -OCH3 is 2. The number of ketones is 1. The zero-order chi connectivity index (χ0) is 15.7. The lowest BCUT2D eigenvalue weighted by Gasteiger charge is -2.10. The molecule has 0 aliphatic heterocycles. The number of hydrogen-bond acceptors (Lipinski definition) is 5. The van der Waals surface area contributed by atoms with Crippen molar-refractivity contribution in [1.82, 2.24) is 0 Å². The Morgan fingerprint density at radius 1 is 1.05 bits per heavy atom. The molecule has 5 nitrogen and oxygen atoms in total. The zero-order valence-electron chi connectivity index (χ0n) is 12.1. The minimum atomic E-state index is -1.06. The smallest absolute Gasteiger partial charge is 0.320 e. The summed E-state index contributed by atoms with van der Waals surface area (Å²) in [5.41, 5.74) is 0.906. The maximum absolute atomic E-state index is 11.8. The van der Waals surface area contributed by atoms with Crippen molar-refractivity contribution in [3.05, 3.63) is 42.0 Å². The van der Waals surface area contributed by atoms with Crippen molar-refractivity contribution in [2.75, 3.05) is 14.2 Å². The Hall–Kier alpha value is -2.43. The van der Waals surface area contributed by atoms with Crippen molar-refractivity contribution < 1.29 is 23.9 Å². The largest absolute Gasteiger partial charge is 0.468 e. The van der Waals surface area contributed by atoms with Gasteiger partial charge in [0.25, 0.3) is 0 Å². The molecule has 21 heavy (non-hydrogen) atoms. The van der Waals surface area contributed by atoms with E-state index in [-0.39, 0.29) is 18.6 Å². The summed E-state index contributed by atoms with van der Waals surface area (Å²) in [7, 11) is 2.38. The number of hydrogen-bond donors (Lipinski definition) is 0. The van der Waals surface area contributed by atoms with Crippen LogP contribution in [0.1, 0.15) is 18.4 Å². The van der Waals surface area contributed by atoms with Gasteiger partial charge in [0, 0.05) is 6.42 Å². The highest BCUT2D eigenvalue weighted by Gasteiger charge is 2.28. The van der Waals surface area contributed by atoms with Gasteiger partial charge in [-0.2, -0.15) is 0 Å². The SMILES string of the molecule is COC(=O)C(CCC(=O)C=Cc1ccccc1)C(=O)OC. The molecule has 0 aromatic heterocycles. The first kappa shape index (κ1) is 16.6. The van der Waals surface area contributed by atoms with Crippen LogP contribution in [0, 0.1) is 5.92 Å². The standard InChI is InChI=1S/C16H18O5/c1-20-15(18)14(16(19)21-2)11-10-13(17)9-8-12-6-4-3-5-7-12/h3-9,14H,10-11H2,1-2H3. The summed E-state index contributed by atoms with van der Waals surface area (Å²) in [5.74, 6) is -2.62. The lowest BCUT2D eigenvalue weighted by atomic mass is 10.0. The number of rotatable bonds is 7. The van der Waals surface area contributed by atoms with Crippen LogP contribution in [-0.2, 0) is 23.9 Å². The quantitative estimate of drug-likeness (QED) is 0.436. The average Bonchev–Trinajstić information content (AvgIpc) is 2.53. The van der Waals surface area contributed by atoms with E-state index in [1.807, 2.05) is 30.3 Å². The van der Waals surface area contributed by atoms with Gasteiger partial charge in [0.05, 0.1) is 14.2 Å². The molecule has 1 rings (SSSR count). The molecule has 1 aromatic carbocycles. The summed E-state index contributed by atoms with van der Waals surface area (Å²) in [5, 5.41) is 0. The van der Waals surface area contributed by atoms with E-state index in [1.54, 1.807) is 6.08 Å². The van der Waals surface area contributed by atoms with E-state index in [4.69, 9.17) is 0 Å². The van der Waals surface area contributed by atoms with Crippen LogP contribution < -0.4 is 0 Å². The van der Waals surface area contributed by atoms with E-state index < -0.39 is 17.9 Å². The molecule has 0 amide bonds. The molecule has 0 aliphatic carbocycles. The zero-order valence-corrected chi connectivity index (χ0v) is 12.1. The Kier molecular flexibility index (Phi) is 6.87. The van der Waals surface area contributed by atoms with Crippen LogP contribution in [0.3, 0.4) is 0 Å². The molecule has 0 aliphatic rings. The van der Waals surface area contributed by atoms with Crippen LogP contribution in [0.15, 0.2) is 36.4 Å². The predicted molar refractivity (Wildman–Crippen MR) is 77.2 cm³/mol. The number of benzene rings is 1. The van der Waals surface area contributed by atoms with Crippen LogP contribution in [0.25, 0.3) is 6.08 Å². The molecule has 0 saturated heterocycles. The fourth-order valence-corrected chi connectivity index (χ4v) is 1.74. The van der Waals surface area contributed by atoms with Crippen LogP contribution >= 0.6 is 0 Å². The maximum atomic E-state index is 11.8. The maximum Gasteiger partial charge on any atom is 0.320 e. The molecule has 1 aromatic rings. The Bertz CT molecular complexity index is 503. The van der Waals surface area contributed by atoms with E-state index >= 15 is 0 Å². The van der Waals surface area contributed by atoms with Gasteiger partial charge >= 0.3 is 11.9 Å². The highest BCUT2D eigenvalue weighted by molar-refractivity contribution is 5.97. The van der Waals surface area contributed by atoms with E-state index in [2.05, 4.69) is 9.47 Å². The Morgan fingerprint density at radius 2 is 1.62 bits per heavy atom. The third-order valence-electron chi connectivity index (χ3n) is 2.91. The van der Waals surface area contributed by atoms with Crippen LogP contribution in [0.4, 0.5) is 0 Å². The topological polar surface area (TPSA) is 69.7 Å². The second-order valence-electron chi connectivity index (χ2n) is 4.35. The van der Waals surface area contributed by atoms with Gasteiger partial charge in [-0.05, 0) is 18.1 Å². The molecular formula is C16H18O5. The van der Waals surface area contributed by atoms with Crippen LogP contribution in [0.2, 0.25) is 0 Å². The Morgan fingerprint density at radius 3 is 2.14 bits per heavy atom. The lowest BCUT2D eigenvalue weighted by molar-refractivity contribution is -0.159. The number of carbonyl (C=O) groups is 3. The van der Waals surface area contributed by atoms with Crippen molar-refractivity contribution >= 4 is 23.8 Å². The third kappa shape index (κ3) is 5.60. The summed E-state index contributed by atoms with van der Waals surface area (Å²) >= 11 is 0. The Labute approximate surface area is 123 Å². The predicted octanol–water partition coefficient (Wildman–Crippen LogP) is 2.01. The molecule has 0 radical (unpaired) electrons. The molecule has 0 unspecified atom stereocenters. The van der Waals surface area contributed by atoms with E-state index in [0.717, 1.165) is 5.56 Å². The van der Waals surface area contributed by atoms with Crippen molar-refractivity contribution in [1.29, 1.82) is 0 Å². The average molecular weight is 290 g/mol. The number of esters is 2. The first-order chi connectivity index (χ1) is 10.1. The number of carbonyl (C=O) groups excluding carboxylic acids is 3. The molecule has 0 saturated carbocycles. The number of ether oxygens (including phenoxy) is 2. The first-order valence-corrected chi connectivity index (χ1v) is 6.50. The first-order valence-electron chi connectivity index (χ1n) is 6.50. The lowest BCUT2D eigenvalue weighted by Crippen LogP contribution is -2.27. The highest BCUT2D eigenvalue weighted by Crippen LogP contribution is 2.12. The van der Waals surface area contributed by atoms with E-state index in [9.17, 15) is 14.4 Å². The fraction of sp³-hybridized carbons (Fsp3) is 0.312. The van der Waals surface area contributed by atoms with Gasteiger partial charge in [-0.3, -0.25) is 14.4 Å². The van der Waals surface area contributed by atoms with E-state index in [0.29, 0.717) is 0 Å². The minimum Gasteiger partial charge on any atom is -0.468 e. The third-order valence-corrected chi connectivity index (χ3v) is 2.91. The van der Waals surface area contributed by atoms with Gasteiger partial charge in [-0.15, -0.1) is 0 Å². The molecule has 0 bridgehead atoms. The highest BCUT2D eigenvalue weighted by atomic mass is 16.5. The number of allylic oxidation sites excluding steroid dienone is 1. The van der Waals surface area contributed by atoms with E-state index in [1.165, 1.54) is 20.3 Å². The molecule has 0 heterocycles. The Balaban J connectivity index is 2.55. The molecule has 0 spiro atoms. The van der Waals surface area contributed by atoms with Crippen molar-refractivity contribution in [2.24, 2.45) is 5.92 Å². The van der Waals surface area contributed by atoms with Gasteiger partial charge in [0.1, 0.15) is 0 Å². The molecule has 5 heteroatoms. The van der Waals surface area contributed by atoms with Gasteiger partial charge in [0.15, 0.2) is 11.7 Å². The summed E-state index contributed by atoms with van der Waals surface area (Å²) in [6.45, 7) is 0. The van der Waals surface area contributed by atoms with Crippen LogP contribution in [-0.4, -0.2) is 31.9 Å². The van der Waals surface area contributed by atoms with Gasteiger partial charge in [-0.1, -0.05) is 36.4 Å². The molecule has 0 N–H and O–H groups in total. The van der Waals surface area contributed by atoms with Gasteiger partial charge in [-0.25, -0.2) is 0 Å². The van der Waals surface area contributed by atoms with Gasteiger partial charge in [0.2, 0.25) is 0 Å². The second kappa shape index (κ2) is 8.68. The summed E-state index contributed by atoms with van der Waals surface area (Å²) in [6.07, 6.45) is 3.25. The second-order valence-corrected chi connectivity index (χ2v) is 4.35. The van der Waals surface area contributed by atoms with Crippen molar-refractivity contribution in [3.63, 3.8) is 0 Å². The fourth-order valence-electron chi connectivity index (χ4n) is 1.74. The van der Waals surface area contributed by atoms with Crippen molar-refractivity contribution in [3.8, 4) is 0 Å². The molecular weight excluding hydrogens is 272 g/mol. The van der Waals surface area contributed by atoms with Crippen molar-refractivity contribution in [2.45, 2.75) is 12.8 Å². The minimum absolute atomic E-state index is 0.0668. The molecule has 0 atom stereocenters. The summed E-state index contributed by atoms with van der Waals surface area (Å²) in [4.78, 5) is 34.7.